The van der Waals surface area contributed by atoms with Crippen LogP contribution in [0.4, 0.5) is 0 Å². The Labute approximate surface area is 154 Å². The summed E-state index contributed by atoms with van der Waals surface area (Å²) in [5.41, 5.74) is -0.358. The van der Waals surface area contributed by atoms with Gasteiger partial charge in [-0.1, -0.05) is 124 Å². The molecule has 0 amide bonds. The van der Waals surface area contributed by atoms with Crippen LogP contribution in [0.5, 0.6) is 0 Å². The topological polar surface area (TPSA) is 20.2 Å². The molecule has 0 aliphatic carbocycles. The molecule has 146 valence electrons. The van der Waals surface area contributed by atoms with E-state index in [1.165, 1.54) is 103 Å². The molecule has 0 rings (SSSR count). The molecule has 0 atom stereocenters. The Bertz CT molecular complexity index is 220. The van der Waals surface area contributed by atoms with Crippen molar-refractivity contribution < 1.29 is 5.11 Å². The minimum atomic E-state index is -0.358. The van der Waals surface area contributed by atoms with Crippen molar-refractivity contribution in [3.63, 3.8) is 0 Å². The van der Waals surface area contributed by atoms with Gasteiger partial charge in [-0.15, -0.1) is 0 Å². The molecule has 0 spiro atoms. The highest BCUT2D eigenvalue weighted by atomic mass is 16.3. The molecule has 0 saturated heterocycles. The molecule has 0 aromatic carbocycles. The van der Waals surface area contributed by atoms with Gasteiger partial charge in [-0.25, -0.2) is 0 Å². The van der Waals surface area contributed by atoms with Gasteiger partial charge in [-0.3, -0.25) is 0 Å². The molecular weight excluding hydrogens is 292 g/mol. The maximum Gasteiger partial charge on any atom is 0.0647 e. The highest BCUT2D eigenvalue weighted by Gasteiger charge is 2.25. The van der Waals surface area contributed by atoms with Crippen molar-refractivity contribution in [3.8, 4) is 0 Å². The molecular formula is C23H48O. The van der Waals surface area contributed by atoms with Gasteiger partial charge in [0.1, 0.15) is 0 Å². The molecule has 1 heteroatoms. The molecule has 0 aliphatic heterocycles. The summed E-state index contributed by atoms with van der Waals surface area (Å²) in [5.74, 6) is 0. The fraction of sp³-hybridized carbons (Fsp3) is 1.00. The van der Waals surface area contributed by atoms with E-state index in [9.17, 15) is 5.11 Å². The second kappa shape index (κ2) is 17.8. The van der Waals surface area contributed by atoms with E-state index in [0.29, 0.717) is 0 Å². The zero-order chi connectivity index (χ0) is 17.9. The molecule has 0 saturated carbocycles. The Hall–Kier alpha value is -0.0400. The summed E-state index contributed by atoms with van der Waals surface area (Å²) in [6.07, 6.45) is 24.2. The predicted octanol–water partition coefficient (Wildman–Crippen LogP) is 8.19. The van der Waals surface area contributed by atoms with Gasteiger partial charge in [0.25, 0.3) is 0 Å². The molecule has 0 unspecified atom stereocenters. The Morgan fingerprint density at radius 3 is 1.00 bits per heavy atom. The molecule has 0 aliphatic rings. The first kappa shape index (κ1) is 24.0. The van der Waals surface area contributed by atoms with Crippen LogP contribution < -0.4 is 0 Å². The lowest BCUT2D eigenvalue weighted by atomic mass is 9.85. The van der Waals surface area contributed by atoms with Crippen molar-refractivity contribution in [3.05, 3.63) is 0 Å². The minimum absolute atomic E-state index is 0.358. The van der Waals surface area contributed by atoms with Crippen molar-refractivity contribution in [2.75, 3.05) is 0 Å². The second-order valence-corrected chi connectivity index (χ2v) is 8.07. The van der Waals surface area contributed by atoms with E-state index in [1.807, 2.05) is 0 Å². The molecule has 1 N–H and O–H groups in total. The van der Waals surface area contributed by atoms with Crippen LogP contribution in [0.2, 0.25) is 0 Å². The lowest BCUT2D eigenvalue weighted by molar-refractivity contribution is 0.00707. The van der Waals surface area contributed by atoms with Crippen LogP contribution in [-0.2, 0) is 0 Å². The Balaban J connectivity index is 3.98. The predicted molar refractivity (Wildman–Crippen MR) is 110 cm³/mol. The molecule has 1 nitrogen and oxygen atoms in total. The van der Waals surface area contributed by atoms with Gasteiger partial charge in [0.2, 0.25) is 0 Å². The van der Waals surface area contributed by atoms with Crippen LogP contribution in [0.25, 0.3) is 0 Å². The van der Waals surface area contributed by atoms with E-state index in [4.69, 9.17) is 0 Å². The molecule has 0 aromatic heterocycles. The van der Waals surface area contributed by atoms with Gasteiger partial charge in [0, 0.05) is 0 Å². The van der Waals surface area contributed by atoms with Crippen molar-refractivity contribution in [2.24, 2.45) is 0 Å². The summed E-state index contributed by atoms with van der Waals surface area (Å²) in [5, 5.41) is 11.1. The Morgan fingerprint density at radius 1 is 0.417 bits per heavy atom. The molecule has 24 heavy (non-hydrogen) atoms. The van der Waals surface area contributed by atoms with Gasteiger partial charge in [-0.2, -0.15) is 0 Å². The number of hydrogen-bond acceptors (Lipinski definition) is 1. The fourth-order valence-electron chi connectivity index (χ4n) is 3.72. The first-order chi connectivity index (χ1) is 11.7. The van der Waals surface area contributed by atoms with Crippen LogP contribution >= 0.6 is 0 Å². The van der Waals surface area contributed by atoms with Gasteiger partial charge in [-0.05, 0) is 19.3 Å². The van der Waals surface area contributed by atoms with Crippen LogP contribution in [0.3, 0.4) is 0 Å². The van der Waals surface area contributed by atoms with Crippen molar-refractivity contribution >= 4 is 0 Å². The largest absolute Gasteiger partial charge is 0.390 e. The van der Waals surface area contributed by atoms with E-state index in [1.54, 1.807) is 0 Å². The molecule has 0 aromatic rings. The van der Waals surface area contributed by atoms with Gasteiger partial charge < -0.3 is 5.11 Å². The standard InChI is InChI=1S/C23H48O/c1-4-7-10-13-15-18-21-23(24,20-17-12-9-6-3)22-19-16-14-11-8-5-2/h24H,4-22H2,1-3H3. The fourth-order valence-corrected chi connectivity index (χ4v) is 3.72. The smallest absolute Gasteiger partial charge is 0.0647 e. The maximum absolute atomic E-state index is 11.1. The number of unbranched alkanes of at least 4 members (excludes halogenated alkanes) is 13. The van der Waals surface area contributed by atoms with Crippen molar-refractivity contribution in [1.82, 2.24) is 0 Å². The molecule has 0 heterocycles. The molecule has 0 radical (unpaired) electrons. The summed E-state index contributed by atoms with van der Waals surface area (Å²) in [6.45, 7) is 6.81. The normalized spacial score (nSPS) is 12.0. The molecule has 0 fully saturated rings. The summed E-state index contributed by atoms with van der Waals surface area (Å²) >= 11 is 0. The number of hydrogen-bond donors (Lipinski definition) is 1. The lowest BCUT2D eigenvalue weighted by Crippen LogP contribution is -2.28. The van der Waals surface area contributed by atoms with Gasteiger partial charge in [0.15, 0.2) is 0 Å². The average molecular weight is 341 g/mol. The third kappa shape index (κ3) is 15.5. The number of rotatable bonds is 19. The number of aliphatic hydroxyl groups is 1. The van der Waals surface area contributed by atoms with Crippen LogP contribution in [-0.4, -0.2) is 10.7 Å². The Kier molecular flexibility index (Phi) is 17.7. The van der Waals surface area contributed by atoms with E-state index in [2.05, 4.69) is 20.8 Å². The Morgan fingerprint density at radius 2 is 0.667 bits per heavy atom. The van der Waals surface area contributed by atoms with E-state index < -0.39 is 0 Å². The average Bonchev–Trinajstić information content (AvgIpc) is 2.58. The zero-order valence-corrected chi connectivity index (χ0v) is 17.4. The first-order valence-electron chi connectivity index (χ1n) is 11.4. The quantitative estimate of drug-likeness (QED) is 0.235. The van der Waals surface area contributed by atoms with Crippen molar-refractivity contribution in [1.29, 1.82) is 0 Å². The summed E-state index contributed by atoms with van der Waals surface area (Å²) in [6, 6.07) is 0. The monoisotopic (exact) mass is 340 g/mol. The van der Waals surface area contributed by atoms with Crippen LogP contribution in [0.15, 0.2) is 0 Å². The van der Waals surface area contributed by atoms with E-state index in [-0.39, 0.29) is 5.60 Å². The minimum Gasteiger partial charge on any atom is -0.390 e. The third-order valence-corrected chi connectivity index (χ3v) is 5.49. The lowest BCUT2D eigenvalue weighted by Gasteiger charge is -2.29. The summed E-state index contributed by atoms with van der Waals surface area (Å²) in [7, 11) is 0. The first-order valence-corrected chi connectivity index (χ1v) is 11.4. The van der Waals surface area contributed by atoms with Crippen LogP contribution in [0.1, 0.15) is 143 Å². The van der Waals surface area contributed by atoms with Crippen LogP contribution in [0, 0.1) is 0 Å². The zero-order valence-electron chi connectivity index (χ0n) is 17.4. The van der Waals surface area contributed by atoms with Gasteiger partial charge in [0.05, 0.1) is 5.60 Å². The van der Waals surface area contributed by atoms with Gasteiger partial charge >= 0.3 is 0 Å². The second-order valence-electron chi connectivity index (χ2n) is 8.07. The highest BCUT2D eigenvalue weighted by molar-refractivity contribution is 4.78. The summed E-state index contributed by atoms with van der Waals surface area (Å²) in [4.78, 5) is 0. The third-order valence-electron chi connectivity index (χ3n) is 5.49. The van der Waals surface area contributed by atoms with E-state index in [0.717, 1.165) is 19.3 Å². The molecule has 0 bridgehead atoms. The van der Waals surface area contributed by atoms with Crippen molar-refractivity contribution in [2.45, 2.75) is 148 Å². The maximum atomic E-state index is 11.1. The van der Waals surface area contributed by atoms with E-state index >= 15 is 0 Å². The highest BCUT2D eigenvalue weighted by Crippen LogP contribution is 2.29. The summed E-state index contributed by atoms with van der Waals surface area (Å²) < 4.78 is 0. The SMILES string of the molecule is CCCCCCCCC(O)(CCCCCC)CCCCCCCC.